The zero-order valence-corrected chi connectivity index (χ0v) is 6.04. The minimum atomic E-state index is -0.729. The molecular weight excluding hydrogens is 132 g/mol. The van der Waals surface area contributed by atoms with Gasteiger partial charge in [0.2, 0.25) is 0 Å². The zero-order valence-electron chi connectivity index (χ0n) is 6.04. The minimum Gasteiger partial charge on any atom is -0.481 e. The van der Waals surface area contributed by atoms with Crippen molar-refractivity contribution in [3.63, 3.8) is 0 Å². The molecule has 1 aliphatic heterocycles. The molecule has 1 fully saturated rings. The lowest BCUT2D eigenvalue weighted by Gasteiger charge is -2.24. The maximum atomic E-state index is 10.5. The van der Waals surface area contributed by atoms with Gasteiger partial charge in [-0.25, -0.2) is 0 Å². The van der Waals surface area contributed by atoms with Crippen LogP contribution in [-0.4, -0.2) is 24.3 Å². The molecule has 0 radical (unpaired) electrons. The molecule has 0 aromatic carbocycles. The molecule has 10 heavy (non-hydrogen) atoms. The second kappa shape index (κ2) is 3.01. The van der Waals surface area contributed by atoms with E-state index in [1.165, 1.54) is 0 Å². The van der Waals surface area contributed by atoms with E-state index in [1.54, 1.807) is 0 Å². The number of carbonyl (C=O) groups is 1. The number of aliphatic carboxylic acids is 1. The first-order valence-corrected chi connectivity index (χ1v) is 3.52. The first kappa shape index (κ1) is 7.54. The number of hydrogen-bond acceptors (Lipinski definition) is 2. The lowest BCUT2D eigenvalue weighted by Crippen LogP contribution is -2.31. The van der Waals surface area contributed by atoms with E-state index in [0.29, 0.717) is 13.2 Å². The SMILES string of the molecule is CC1CCOCC1C(=O)O. The molecule has 0 aromatic heterocycles. The molecule has 0 spiro atoms. The number of ether oxygens (including phenoxy) is 1. The highest BCUT2D eigenvalue weighted by Gasteiger charge is 2.27. The molecule has 1 saturated heterocycles. The highest BCUT2D eigenvalue weighted by molar-refractivity contribution is 5.70. The molecule has 1 heterocycles. The average Bonchev–Trinajstić information content (AvgIpc) is 1.88. The maximum absolute atomic E-state index is 10.5. The van der Waals surface area contributed by atoms with E-state index >= 15 is 0 Å². The van der Waals surface area contributed by atoms with E-state index in [0.717, 1.165) is 6.42 Å². The van der Waals surface area contributed by atoms with E-state index in [2.05, 4.69) is 0 Å². The van der Waals surface area contributed by atoms with Gasteiger partial charge in [0, 0.05) is 6.61 Å². The molecule has 1 rings (SSSR count). The fraction of sp³-hybridized carbons (Fsp3) is 0.857. The van der Waals surface area contributed by atoms with Gasteiger partial charge in [-0.3, -0.25) is 4.79 Å². The topological polar surface area (TPSA) is 46.5 Å². The molecule has 3 nitrogen and oxygen atoms in total. The lowest BCUT2D eigenvalue weighted by molar-refractivity contribution is -0.148. The van der Waals surface area contributed by atoms with Crippen molar-refractivity contribution in [1.82, 2.24) is 0 Å². The Hall–Kier alpha value is -0.570. The maximum Gasteiger partial charge on any atom is 0.309 e. The molecule has 1 N–H and O–H groups in total. The van der Waals surface area contributed by atoms with Crippen molar-refractivity contribution in [1.29, 1.82) is 0 Å². The van der Waals surface area contributed by atoms with Crippen molar-refractivity contribution in [3.8, 4) is 0 Å². The summed E-state index contributed by atoms with van der Waals surface area (Å²) < 4.78 is 5.03. The Balaban J connectivity index is 2.47. The Labute approximate surface area is 60.0 Å². The summed E-state index contributed by atoms with van der Waals surface area (Å²) in [5.74, 6) is -0.743. The van der Waals surface area contributed by atoms with Crippen LogP contribution in [0, 0.1) is 11.8 Å². The molecule has 0 aliphatic carbocycles. The van der Waals surface area contributed by atoms with E-state index < -0.39 is 5.97 Å². The molecule has 3 heteroatoms. The third-order valence-electron chi connectivity index (χ3n) is 2.02. The standard InChI is InChI=1S/C7H12O3/c1-5-2-3-10-4-6(5)7(8)9/h5-6H,2-4H2,1H3,(H,8,9). The predicted molar refractivity (Wildman–Crippen MR) is 35.7 cm³/mol. The summed E-state index contributed by atoms with van der Waals surface area (Å²) in [5.41, 5.74) is 0. The summed E-state index contributed by atoms with van der Waals surface area (Å²) in [4.78, 5) is 10.5. The summed E-state index contributed by atoms with van der Waals surface area (Å²) >= 11 is 0. The van der Waals surface area contributed by atoms with Crippen LogP contribution in [0.4, 0.5) is 0 Å². The molecule has 0 amide bonds. The predicted octanol–water partition coefficient (Wildman–Crippen LogP) is 0.744. The van der Waals surface area contributed by atoms with E-state index in [4.69, 9.17) is 9.84 Å². The van der Waals surface area contributed by atoms with Gasteiger partial charge in [0.15, 0.2) is 0 Å². The quantitative estimate of drug-likeness (QED) is 0.590. The van der Waals surface area contributed by atoms with Crippen molar-refractivity contribution in [2.24, 2.45) is 11.8 Å². The molecule has 2 unspecified atom stereocenters. The Bertz CT molecular complexity index is 133. The molecule has 58 valence electrons. The number of rotatable bonds is 1. The summed E-state index contributed by atoms with van der Waals surface area (Å²) in [5, 5.41) is 8.63. The Kier molecular flexibility index (Phi) is 2.27. The number of hydrogen-bond donors (Lipinski definition) is 1. The average molecular weight is 144 g/mol. The smallest absolute Gasteiger partial charge is 0.309 e. The summed E-state index contributed by atoms with van der Waals surface area (Å²) in [6.45, 7) is 3.06. The Morgan fingerprint density at radius 1 is 1.70 bits per heavy atom. The van der Waals surface area contributed by atoms with Crippen LogP contribution in [0.2, 0.25) is 0 Å². The molecule has 0 saturated carbocycles. The third-order valence-corrected chi connectivity index (χ3v) is 2.02. The van der Waals surface area contributed by atoms with Crippen molar-refractivity contribution in [3.05, 3.63) is 0 Å². The second-order valence-corrected chi connectivity index (χ2v) is 2.79. The largest absolute Gasteiger partial charge is 0.481 e. The van der Waals surface area contributed by atoms with Crippen molar-refractivity contribution in [2.45, 2.75) is 13.3 Å². The third kappa shape index (κ3) is 1.48. The zero-order chi connectivity index (χ0) is 7.56. The van der Waals surface area contributed by atoms with Gasteiger partial charge in [0.05, 0.1) is 12.5 Å². The summed E-state index contributed by atoms with van der Waals surface area (Å²) in [7, 11) is 0. The molecule has 1 aliphatic rings. The fourth-order valence-corrected chi connectivity index (χ4v) is 1.16. The molecule has 2 atom stereocenters. The fourth-order valence-electron chi connectivity index (χ4n) is 1.16. The van der Waals surface area contributed by atoms with Crippen LogP contribution in [0.15, 0.2) is 0 Å². The Morgan fingerprint density at radius 2 is 2.40 bits per heavy atom. The van der Waals surface area contributed by atoms with Crippen LogP contribution in [-0.2, 0) is 9.53 Å². The van der Waals surface area contributed by atoms with Crippen molar-refractivity contribution in [2.75, 3.05) is 13.2 Å². The Morgan fingerprint density at radius 3 is 2.80 bits per heavy atom. The molecule has 0 aromatic rings. The van der Waals surface area contributed by atoms with Crippen LogP contribution in [0.3, 0.4) is 0 Å². The summed E-state index contributed by atoms with van der Waals surface area (Å²) in [6, 6.07) is 0. The first-order valence-electron chi connectivity index (χ1n) is 3.52. The van der Waals surface area contributed by atoms with Crippen LogP contribution >= 0.6 is 0 Å². The van der Waals surface area contributed by atoms with Gasteiger partial charge in [0.1, 0.15) is 0 Å². The normalized spacial score (nSPS) is 33.7. The van der Waals surface area contributed by atoms with Gasteiger partial charge in [-0.15, -0.1) is 0 Å². The van der Waals surface area contributed by atoms with E-state index in [9.17, 15) is 4.79 Å². The van der Waals surface area contributed by atoms with Gasteiger partial charge >= 0.3 is 5.97 Å². The van der Waals surface area contributed by atoms with Crippen LogP contribution < -0.4 is 0 Å². The summed E-state index contributed by atoms with van der Waals surface area (Å²) in [6.07, 6.45) is 0.872. The van der Waals surface area contributed by atoms with E-state index in [-0.39, 0.29) is 11.8 Å². The highest BCUT2D eigenvalue weighted by Crippen LogP contribution is 2.20. The molecular formula is C7H12O3. The van der Waals surface area contributed by atoms with Gasteiger partial charge in [-0.2, -0.15) is 0 Å². The highest BCUT2D eigenvalue weighted by atomic mass is 16.5. The minimum absolute atomic E-state index is 0.270. The van der Waals surface area contributed by atoms with Gasteiger partial charge in [-0.1, -0.05) is 6.92 Å². The van der Waals surface area contributed by atoms with E-state index in [1.807, 2.05) is 6.92 Å². The first-order chi connectivity index (χ1) is 4.72. The van der Waals surface area contributed by atoms with Crippen molar-refractivity contribution < 1.29 is 14.6 Å². The number of carboxylic acid groups (broad SMARTS) is 1. The van der Waals surface area contributed by atoms with Crippen LogP contribution in [0.5, 0.6) is 0 Å². The van der Waals surface area contributed by atoms with Gasteiger partial charge in [-0.05, 0) is 12.3 Å². The van der Waals surface area contributed by atoms with Crippen LogP contribution in [0.1, 0.15) is 13.3 Å². The van der Waals surface area contributed by atoms with Gasteiger partial charge < -0.3 is 9.84 Å². The van der Waals surface area contributed by atoms with Crippen molar-refractivity contribution >= 4 is 5.97 Å². The van der Waals surface area contributed by atoms with Crippen LogP contribution in [0.25, 0.3) is 0 Å². The molecule has 0 bridgehead atoms. The van der Waals surface area contributed by atoms with Gasteiger partial charge in [0.25, 0.3) is 0 Å². The lowest BCUT2D eigenvalue weighted by atomic mass is 9.90. The second-order valence-electron chi connectivity index (χ2n) is 2.79. The monoisotopic (exact) mass is 144 g/mol. The number of carboxylic acids is 1.